The fourth-order valence-corrected chi connectivity index (χ4v) is 12.0. The van der Waals surface area contributed by atoms with E-state index < -0.39 is 20.8 Å². The minimum absolute atomic E-state index is 0. The molecule has 0 fully saturated rings. The molecule has 5 heterocycles. The molecular weight excluding hydrogens is 972 g/mol. The number of pyridine rings is 2. The number of para-hydroxylation sites is 2. The SMILES string of the molecule is [2H]C(C)(C)c1cc(-c2[c-]cc(F)cc2)ncc1[Si](C)(C)C.[2H]C([2H])([2H])c1ccc2c(n1)sc1c(-c3nc4ccccc4n3-c3ccc(C(C)C)c4sc5ccccc5c34)[c-]ccc12.[Ir]. The predicted octanol–water partition coefficient (Wildman–Crippen LogP) is 14.4. The third-order valence-electron chi connectivity index (χ3n) is 10.8. The molecular formula is C51H45FIrN4S2Si-2. The maximum atomic E-state index is 13.0. The van der Waals surface area contributed by atoms with Crippen molar-refractivity contribution in [1.82, 2.24) is 19.5 Å². The summed E-state index contributed by atoms with van der Waals surface area (Å²) in [7, 11) is -1.57. The summed E-state index contributed by atoms with van der Waals surface area (Å²) in [5, 5.41) is 5.64. The van der Waals surface area contributed by atoms with Gasteiger partial charge in [0.2, 0.25) is 0 Å². The van der Waals surface area contributed by atoms with Crippen LogP contribution in [0.3, 0.4) is 0 Å². The van der Waals surface area contributed by atoms with Crippen molar-refractivity contribution in [2.45, 2.75) is 66.0 Å². The van der Waals surface area contributed by atoms with Crippen molar-refractivity contribution >= 4 is 87.4 Å². The molecule has 4 nitrogen and oxygen atoms in total. The van der Waals surface area contributed by atoms with E-state index >= 15 is 0 Å². The number of rotatable bonds is 6. The number of nitrogens with zero attached hydrogens (tertiary/aromatic N) is 4. The average molecular weight is 1020 g/mol. The second-order valence-corrected chi connectivity index (χ2v) is 23.5. The summed E-state index contributed by atoms with van der Waals surface area (Å²) in [5.41, 5.74) is 7.85. The number of hydrogen-bond acceptors (Lipinski definition) is 5. The molecule has 5 aromatic carbocycles. The summed E-state index contributed by atoms with van der Waals surface area (Å²) in [6.07, 6.45) is 1.89. The van der Waals surface area contributed by atoms with Gasteiger partial charge in [0.25, 0.3) is 0 Å². The van der Waals surface area contributed by atoms with Crippen LogP contribution in [0.2, 0.25) is 19.6 Å². The third-order valence-corrected chi connectivity index (χ3v) is 15.1. The Kier molecular flexibility index (Phi) is 10.2. The normalized spacial score (nSPS) is 13.3. The monoisotopic (exact) mass is 1020 g/mol. The largest absolute Gasteiger partial charge is 0.333 e. The van der Waals surface area contributed by atoms with Gasteiger partial charge < -0.3 is 9.55 Å². The number of imidazole rings is 1. The molecule has 0 unspecified atom stereocenters. The van der Waals surface area contributed by atoms with Gasteiger partial charge in [-0.2, -0.15) is 11.3 Å². The van der Waals surface area contributed by atoms with Gasteiger partial charge in [0.15, 0.2) is 0 Å². The van der Waals surface area contributed by atoms with Gasteiger partial charge in [-0.05, 0) is 75.5 Å². The van der Waals surface area contributed by atoms with Crippen LogP contribution in [0.4, 0.5) is 4.39 Å². The molecule has 0 atom stereocenters. The minimum Gasteiger partial charge on any atom is -0.333 e. The Labute approximate surface area is 379 Å². The van der Waals surface area contributed by atoms with Gasteiger partial charge in [0, 0.05) is 69.2 Å². The zero-order chi connectivity index (χ0) is 44.6. The van der Waals surface area contributed by atoms with Crippen LogP contribution in [-0.2, 0) is 20.1 Å². The number of hydrogen-bond donors (Lipinski definition) is 0. The zero-order valence-corrected chi connectivity index (χ0v) is 39.4. The summed E-state index contributed by atoms with van der Waals surface area (Å²) >= 11 is 3.35. The fourth-order valence-electron chi connectivity index (χ4n) is 7.88. The molecule has 0 saturated carbocycles. The number of aryl methyl sites for hydroxylation is 1. The molecule has 303 valence electrons. The Morgan fingerprint density at radius 3 is 2.35 bits per heavy atom. The molecule has 1 radical (unpaired) electrons. The van der Waals surface area contributed by atoms with Gasteiger partial charge >= 0.3 is 0 Å². The Bertz CT molecular complexity index is 3360. The van der Waals surface area contributed by atoms with Crippen LogP contribution in [0.15, 0.2) is 115 Å². The van der Waals surface area contributed by atoms with Crippen LogP contribution in [0.5, 0.6) is 0 Å². The van der Waals surface area contributed by atoms with E-state index in [1.807, 2.05) is 61.7 Å². The van der Waals surface area contributed by atoms with Gasteiger partial charge in [-0.25, -0.2) is 4.98 Å². The van der Waals surface area contributed by atoms with Crippen LogP contribution in [0.1, 0.15) is 61.8 Å². The van der Waals surface area contributed by atoms with E-state index in [0.717, 1.165) is 60.4 Å². The van der Waals surface area contributed by atoms with Crippen molar-refractivity contribution in [3.63, 3.8) is 0 Å². The Hall–Kier alpha value is -4.89. The number of benzene rings is 5. The summed E-state index contributed by atoms with van der Waals surface area (Å²) in [6.45, 7) is 12.8. The first kappa shape index (κ1) is 36.9. The van der Waals surface area contributed by atoms with Crippen LogP contribution in [-0.4, -0.2) is 27.6 Å². The van der Waals surface area contributed by atoms with Crippen molar-refractivity contribution in [3.05, 3.63) is 150 Å². The molecule has 0 N–H and O–H groups in total. The second-order valence-electron chi connectivity index (χ2n) is 16.4. The van der Waals surface area contributed by atoms with E-state index in [4.69, 9.17) is 10.5 Å². The summed E-state index contributed by atoms with van der Waals surface area (Å²) in [4.78, 5) is 15.0. The maximum absolute atomic E-state index is 13.0. The molecule has 9 heteroatoms. The molecule has 10 aromatic rings. The van der Waals surface area contributed by atoms with Gasteiger partial charge in [-0.3, -0.25) is 9.37 Å². The van der Waals surface area contributed by atoms with E-state index in [2.05, 4.69) is 115 Å². The molecule has 0 amide bonds. The number of thiophene rings is 2. The van der Waals surface area contributed by atoms with Crippen molar-refractivity contribution in [3.8, 4) is 28.3 Å². The number of halogens is 1. The van der Waals surface area contributed by atoms with E-state index in [0.29, 0.717) is 10.7 Å². The van der Waals surface area contributed by atoms with Crippen LogP contribution >= 0.6 is 22.7 Å². The van der Waals surface area contributed by atoms with Crippen molar-refractivity contribution in [1.29, 1.82) is 0 Å². The molecule has 5 aromatic heterocycles. The third kappa shape index (κ3) is 7.56. The van der Waals surface area contributed by atoms with Crippen LogP contribution in [0.25, 0.3) is 79.8 Å². The Morgan fingerprint density at radius 1 is 0.800 bits per heavy atom. The van der Waals surface area contributed by atoms with Gasteiger partial charge in [-0.1, -0.05) is 112 Å². The smallest absolute Gasteiger partial charge is 0.113 e. The van der Waals surface area contributed by atoms with E-state index in [1.54, 1.807) is 12.1 Å². The van der Waals surface area contributed by atoms with Gasteiger partial charge in [0.1, 0.15) is 4.83 Å². The van der Waals surface area contributed by atoms with Crippen LogP contribution < -0.4 is 5.19 Å². The van der Waals surface area contributed by atoms with Gasteiger partial charge in [0.05, 0.1) is 24.9 Å². The summed E-state index contributed by atoms with van der Waals surface area (Å²) < 4.78 is 50.8. The Morgan fingerprint density at radius 2 is 1.60 bits per heavy atom. The average Bonchev–Trinajstić information content (AvgIpc) is 3.94. The molecule has 10 rings (SSSR count). The molecule has 0 aliphatic rings. The first-order chi connectivity index (χ1) is 29.9. The number of fused-ring (bicyclic) bond motifs is 7. The van der Waals surface area contributed by atoms with Crippen molar-refractivity contribution < 1.29 is 30.0 Å². The van der Waals surface area contributed by atoms with Crippen molar-refractivity contribution in [2.75, 3.05) is 0 Å². The first-order valence-electron chi connectivity index (χ1n) is 21.7. The zero-order valence-electron chi connectivity index (χ0n) is 38.4. The summed E-state index contributed by atoms with van der Waals surface area (Å²) in [6, 6.07) is 41.6. The quantitative estimate of drug-likeness (QED) is 0.123. The van der Waals surface area contributed by atoms with E-state index in [-0.39, 0.29) is 31.6 Å². The minimum atomic E-state index is -2.26. The van der Waals surface area contributed by atoms with E-state index in [9.17, 15) is 4.39 Å². The molecule has 0 spiro atoms. The van der Waals surface area contributed by atoms with Gasteiger partial charge in [-0.15, -0.1) is 59.4 Å². The molecule has 0 aliphatic carbocycles. The standard InChI is InChI=1S/C34H24N3S2.C17H21FNSi.Ir/c1-19(2)21-17-18-28(30-24-9-4-7-14-29(24)38-32(21)30)37-27-13-6-5-12-26(27)36-33(37)25-11-8-10-22-23-16-15-20(3)35-34(23)39-31(22)25;1-12(2)15-10-16(13-6-8-14(18)9-7-13)19-11-17(15)20(3,4)5;/h4-10,12-19H,1-3H3;6,8-12H,1-5H3;/q2*-1;/i3D3;12D;. The molecule has 0 bridgehead atoms. The fraction of sp³-hybridized carbons (Fsp3) is 0.196. The predicted molar refractivity (Wildman–Crippen MR) is 253 cm³/mol. The molecule has 0 aliphatic heterocycles. The van der Waals surface area contributed by atoms with Crippen molar-refractivity contribution in [2.24, 2.45) is 0 Å². The topological polar surface area (TPSA) is 43.6 Å². The summed E-state index contributed by atoms with van der Waals surface area (Å²) in [5.74, 6) is 0.200. The van der Waals surface area contributed by atoms with E-state index in [1.165, 1.54) is 54.4 Å². The van der Waals surface area contributed by atoms with Crippen LogP contribution in [0, 0.1) is 24.8 Å². The molecule has 60 heavy (non-hydrogen) atoms. The second kappa shape index (κ2) is 16.5. The number of aromatic nitrogens is 4. The molecule has 0 saturated heterocycles. The Balaban J connectivity index is 0.000000216. The first-order valence-corrected chi connectivity index (χ1v) is 24.9. The maximum Gasteiger partial charge on any atom is 0.113 e.